The summed E-state index contributed by atoms with van der Waals surface area (Å²) in [6, 6.07) is 5.34. The van der Waals surface area contributed by atoms with Crippen molar-refractivity contribution in [2.24, 2.45) is 0 Å². The fraction of sp³-hybridized carbons (Fsp3) is 0.571. The molecule has 1 heterocycles. The van der Waals surface area contributed by atoms with Crippen molar-refractivity contribution in [3.63, 3.8) is 0 Å². The normalized spacial score (nSPS) is 22.2. The average Bonchev–Trinajstić information content (AvgIpc) is 2.37. The second kappa shape index (κ2) is 6.57. The fourth-order valence-corrected chi connectivity index (χ4v) is 2.29. The summed E-state index contributed by atoms with van der Waals surface area (Å²) in [6.07, 6.45) is -0.451. The van der Waals surface area contributed by atoms with Crippen molar-refractivity contribution < 1.29 is 14.6 Å². The van der Waals surface area contributed by atoms with Gasteiger partial charge in [-0.25, -0.2) is 0 Å². The van der Waals surface area contributed by atoms with Crippen LogP contribution >= 0.6 is 11.6 Å². The molecule has 0 aromatic heterocycles. The summed E-state index contributed by atoms with van der Waals surface area (Å²) >= 11 is 6.13. The average molecular weight is 286 g/mol. The molecule has 1 fully saturated rings. The van der Waals surface area contributed by atoms with Crippen molar-refractivity contribution in [2.75, 3.05) is 33.4 Å². The van der Waals surface area contributed by atoms with E-state index in [2.05, 4.69) is 11.9 Å². The minimum Gasteiger partial charge on any atom is -0.489 e. The fourth-order valence-electron chi connectivity index (χ4n) is 2.04. The molecule has 0 saturated carbocycles. The maximum atomic E-state index is 9.48. The van der Waals surface area contributed by atoms with Gasteiger partial charge in [0.05, 0.1) is 17.7 Å². The molecule has 1 aliphatic rings. The Morgan fingerprint density at radius 2 is 2.37 bits per heavy atom. The van der Waals surface area contributed by atoms with Crippen molar-refractivity contribution >= 4 is 11.6 Å². The standard InChI is InChI=1S/C14H20ClNO3/c1-10(17)11-3-4-14(13(15)7-11)19-9-12-8-16(2)5-6-18-12/h3-4,7,10,12,17H,5-6,8-9H2,1-2H3. The smallest absolute Gasteiger partial charge is 0.138 e. The van der Waals surface area contributed by atoms with Gasteiger partial charge in [-0.2, -0.15) is 0 Å². The highest BCUT2D eigenvalue weighted by atomic mass is 35.5. The Balaban J connectivity index is 1.92. The Morgan fingerprint density at radius 1 is 1.58 bits per heavy atom. The number of likely N-dealkylation sites (N-methyl/N-ethyl adjacent to an activating group) is 1. The van der Waals surface area contributed by atoms with E-state index in [1.165, 1.54) is 0 Å². The van der Waals surface area contributed by atoms with Crippen LogP contribution in [0.15, 0.2) is 18.2 Å². The Labute approximate surface area is 118 Å². The highest BCUT2D eigenvalue weighted by Crippen LogP contribution is 2.28. The molecule has 4 nitrogen and oxygen atoms in total. The second-order valence-corrected chi connectivity index (χ2v) is 5.34. The molecule has 2 rings (SSSR count). The molecule has 0 amide bonds. The Kier molecular flexibility index (Phi) is 5.05. The van der Waals surface area contributed by atoms with Gasteiger partial charge in [0.1, 0.15) is 18.5 Å². The first-order valence-corrected chi connectivity index (χ1v) is 6.84. The molecule has 5 heteroatoms. The van der Waals surface area contributed by atoms with Gasteiger partial charge in [-0.1, -0.05) is 17.7 Å². The van der Waals surface area contributed by atoms with Crippen molar-refractivity contribution in [2.45, 2.75) is 19.1 Å². The van der Waals surface area contributed by atoms with E-state index in [0.717, 1.165) is 25.3 Å². The number of rotatable bonds is 4. The third kappa shape index (κ3) is 4.08. The van der Waals surface area contributed by atoms with Crippen molar-refractivity contribution in [3.8, 4) is 5.75 Å². The van der Waals surface area contributed by atoms with Gasteiger partial charge in [0.2, 0.25) is 0 Å². The van der Waals surface area contributed by atoms with Gasteiger partial charge < -0.3 is 19.5 Å². The quantitative estimate of drug-likeness (QED) is 0.920. The number of morpholine rings is 1. The van der Waals surface area contributed by atoms with Crippen LogP contribution in [-0.2, 0) is 4.74 Å². The molecule has 19 heavy (non-hydrogen) atoms. The minimum atomic E-state index is -0.526. The zero-order chi connectivity index (χ0) is 13.8. The van der Waals surface area contributed by atoms with Crippen molar-refractivity contribution in [1.82, 2.24) is 4.90 Å². The van der Waals surface area contributed by atoms with E-state index in [0.29, 0.717) is 17.4 Å². The zero-order valence-electron chi connectivity index (χ0n) is 11.3. The molecular formula is C14H20ClNO3. The lowest BCUT2D eigenvalue weighted by Gasteiger charge is -2.29. The molecule has 1 aromatic rings. The van der Waals surface area contributed by atoms with Gasteiger partial charge >= 0.3 is 0 Å². The summed E-state index contributed by atoms with van der Waals surface area (Å²) in [6.45, 7) is 4.75. The topological polar surface area (TPSA) is 41.9 Å². The Hall–Kier alpha value is -0.810. The maximum Gasteiger partial charge on any atom is 0.138 e. The molecule has 0 radical (unpaired) electrons. The predicted octanol–water partition coefficient (Wildman–Crippen LogP) is 2.10. The van der Waals surface area contributed by atoms with E-state index in [9.17, 15) is 5.11 Å². The lowest BCUT2D eigenvalue weighted by atomic mass is 10.1. The van der Waals surface area contributed by atoms with Crippen LogP contribution in [-0.4, -0.2) is 49.5 Å². The minimum absolute atomic E-state index is 0.0752. The number of halogens is 1. The summed E-state index contributed by atoms with van der Waals surface area (Å²) in [5, 5.41) is 9.99. The van der Waals surface area contributed by atoms with Crippen molar-refractivity contribution in [1.29, 1.82) is 0 Å². The molecule has 1 saturated heterocycles. The highest BCUT2D eigenvalue weighted by Gasteiger charge is 2.18. The first kappa shape index (κ1) is 14.6. The molecule has 0 spiro atoms. The van der Waals surface area contributed by atoms with Gasteiger partial charge in [-0.15, -0.1) is 0 Å². The number of aliphatic hydroxyl groups is 1. The SMILES string of the molecule is CC(O)c1ccc(OCC2CN(C)CCO2)c(Cl)c1. The maximum absolute atomic E-state index is 9.48. The number of nitrogens with zero attached hydrogens (tertiary/aromatic N) is 1. The van der Waals surface area contributed by atoms with Gasteiger partial charge in [-0.3, -0.25) is 0 Å². The third-order valence-electron chi connectivity index (χ3n) is 3.20. The molecule has 2 atom stereocenters. The zero-order valence-corrected chi connectivity index (χ0v) is 12.1. The molecule has 1 N–H and O–H groups in total. The summed E-state index contributed by atoms with van der Waals surface area (Å²) in [5.74, 6) is 0.628. The van der Waals surface area contributed by atoms with Crippen LogP contribution in [0.3, 0.4) is 0 Å². The van der Waals surface area contributed by atoms with Crippen LogP contribution in [0.5, 0.6) is 5.75 Å². The predicted molar refractivity (Wildman–Crippen MR) is 74.8 cm³/mol. The second-order valence-electron chi connectivity index (χ2n) is 4.93. The van der Waals surface area contributed by atoms with Crippen LogP contribution in [0, 0.1) is 0 Å². The van der Waals surface area contributed by atoms with Gasteiger partial charge in [0.15, 0.2) is 0 Å². The summed E-state index contributed by atoms with van der Waals surface area (Å²) in [5.41, 5.74) is 0.783. The van der Waals surface area contributed by atoms with Crippen LogP contribution < -0.4 is 4.74 Å². The first-order valence-electron chi connectivity index (χ1n) is 6.46. The Morgan fingerprint density at radius 3 is 3.00 bits per heavy atom. The molecule has 1 aliphatic heterocycles. The number of hydrogen-bond acceptors (Lipinski definition) is 4. The van der Waals surface area contributed by atoms with Gasteiger partial charge in [0.25, 0.3) is 0 Å². The monoisotopic (exact) mass is 285 g/mol. The first-order chi connectivity index (χ1) is 9.06. The molecule has 106 valence electrons. The van der Waals surface area contributed by atoms with E-state index < -0.39 is 6.10 Å². The largest absolute Gasteiger partial charge is 0.489 e. The lowest BCUT2D eigenvalue weighted by molar-refractivity contribution is -0.0403. The summed E-state index contributed by atoms with van der Waals surface area (Å²) in [7, 11) is 2.07. The number of hydrogen-bond donors (Lipinski definition) is 1. The Bertz CT molecular complexity index is 425. The highest BCUT2D eigenvalue weighted by molar-refractivity contribution is 6.32. The molecule has 2 unspecified atom stereocenters. The van der Waals surface area contributed by atoms with Gasteiger partial charge in [0, 0.05) is 13.1 Å². The van der Waals surface area contributed by atoms with E-state index >= 15 is 0 Å². The van der Waals surface area contributed by atoms with Crippen LogP contribution in [0.4, 0.5) is 0 Å². The van der Waals surface area contributed by atoms with E-state index in [-0.39, 0.29) is 6.10 Å². The summed E-state index contributed by atoms with van der Waals surface area (Å²) in [4.78, 5) is 2.22. The van der Waals surface area contributed by atoms with E-state index in [1.807, 2.05) is 6.07 Å². The molecular weight excluding hydrogens is 266 g/mol. The molecule has 0 aliphatic carbocycles. The number of ether oxygens (including phenoxy) is 2. The lowest BCUT2D eigenvalue weighted by Crippen LogP contribution is -2.42. The molecule has 0 bridgehead atoms. The molecule has 1 aromatic carbocycles. The van der Waals surface area contributed by atoms with Crippen LogP contribution in [0.1, 0.15) is 18.6 Å². The van der Waals surface area contributed by atoms with Crippen molar-refractivity contribution in [3.05, 3.63) is 28.8 Å². The van der Waals surface area contributed by atoms with E-state index in [1.54, 1.807) is 19.1 Å². The number of benzene rings is 1. The van der Waals surface area contributed by atoms with E-state index in [4.69, 9.17) is 21.1 Å². The van der Waals surface area contributed by atoms with Gasteiger partial charge in [-0.05, 0) is 31.7 Å². The summed E-state index contributed by atoms with van der Waals surface area (Å²) < 4.78 is 11.3. The van der Waals surface area contributed by atoms with Crippen LogP contribution in [0.2, 0.25) is 5.02 Å². The number of aliphatic hydroxyl groups excluding tert-OH is 1. The third-order valence-corrected chi connectivity index (χ3v) is 3.50. The van der Waals surface area contributed by atoms with Crippen LogP contribution in [0.25, 0.3) is 0 Å².